The van der Waals surface area contributed by atoms with Crippen molar-refractivity contribution in [2.75, 3.05) is 6.54 Å². The van der Waals surface area contributed by atoms with Crippen molar-refractivity contribution >= 4 is 0 Å². The van der Waals surface area contributed by atoms with E-state index in [4.69, 9.17) is 0 Å². The van der Waals surface area contributed by atoms with Crippen LogP contribution >= 0.6 is 0 Å². The number of nitrogens with zero attached hydrogens (tertiary/aromatic N) is 1. The summed E-state index contributed by atoms with van der Waals surface area (Å²) < 4.78 is 0. The van der Waals surface area contributed by atoms with Crippen LogP contribution in [-0.4, -0.2) is 11.5 Å². The SMILES string of the molecule is CCCCCCCCCNC(C)c1cccnc1. The first-order valence-corrected chi connectivity index (χ1v) is 7.48. The van der Waals surface area contributed by atoms with Gasteiger partial charge in [0.05, 0.1) is 0 Å². The molecule has 0 saturated carbocycles. The summed E-state index contributed by atoms with van der Waals surface area (Å²) >= 11 is 0. The quantitative estimate of drug-likeness (QED) is 0.617. The van der Waals surface area contributed by atoms with Crippen LogP contribution in [-0.2, 0) is 0 Å². The molecule has 1 heterocycles. The fraction of sp³-hybridized carbons (Fsp3) is 0.688. The van der Waals surface area contributed by atoms with Crippen LogP contribution in [0.1, 0.15) is 70.4 Å². The molecule has 0 aliphatic carbocycles. The molecule has 0 fully saturated rings. The maximum absolute atomic E-state index is 4.15. The van der Waals surface area contributed by atoms with Crippen LogP contribution in [0, 0.1) is 0 Å². The molecule has 2 nitrogen and oxygen atoms in total. The van der Waals surface area contributed by atoms with E-state index < -0.39 is 0 Å². The molecular formula is C16H28N2. The molecule has 102 valence electrons. The van der Waals surface area contributed by atoms with Crippen molar-refractivity contribution in [2.24, 2.45) is 0 Å². The number of aromatic nitrogens is 1. The zero-order chi connectivity index (χ0) is 13.1. The van der Waals surface area contributed by atoms with E-state index in [9.17, 15) is 0 Å². The van der Waals surface area contributed by atoms with Gasteiger partial charge in [-0.25, -0.2) is 0 Å². The first-order chi connectivity index (χ1) is 8.84. The molecule has 1 aromatic rings. The fourth-order valence-corrected chi connectivity index (χ4v) is 2.15. The lowest BCUT2D eigenvalue weighted by Crippen LogP contribution is -2.19. The summed E-state index contributed by atoms with van der Waals surface area (Å²) in [5.74, 6) is 0. The maximum Gasteiger partial charge on any atom is 0.0315 e. The molecule has 0 bridgehead atoms. The van der Waals surface area contributed by atoms with Crippen molar-refractivity contribution in [3.05, 3.63) is 30.1 Å². The highest BCUT2D eigenvalue weighted by atomic mass is 14.9. The third-order valence-corrected chi connectivity index (χ3v) is 3.42. The topological polar surface area (TPSA) is 24.9 Å². The first-order valence-electron chi connectivity index (χ1n) is 7.48. The van der Waals surface area contributed by atoms with Gasteiger partial charge in [-0.05, 0) is 31.5 Å². The Kier molecular flexibility index (Phi) is 8.49. The third kappa shape index (κ3) is 6.75. The third-order valence-electron chi connectivity index (χ3n) is 3.42. The summed E-state index contributed by atoms with van der Waals surface area (Å²) in [7, 11) is 0. The smallest absolute Gasteiger partial charge is 0.0315 e. The van der Waals surface area contributed by atoms with Gasteiger partial charge in [0.25, 0.3) is 0 Å². The predicted octanol–water partition coefficient (Wildman–Crippen LogP) is 4.48. The first kappa shape index (κ1) is 15.2. The Bertz CT molecular complexity index is 284. The number of unbranched alkanes of at least 4 members (excludes halogenated alkanes) is 6. The van der Waals surface area contributed by atoms with E-state index in [0.717, 1.165) is 6.54 Å². The predicted molar refractivity (Wildman–Crippen MR) is 78.6 cm³/mol. The summed E-state index contributed by atoms with van der Waals surface area (Å²) in [6, 6.07) is 4.55. The summed E-state index contributed by atoms with van der Waals surface area (Å²) in [4.78, 5) is 4.15. The van der Waals surface area contributed by atoms with Gasteiger partial charge in [-0.3, -0.25) is 4.98 Å². The number of hydrogen-bond acceptors (Lipinski definition) is 2. The summed E-state index contributed by atoms with van der Waals surface area (Å²) in [5, 5.41) is 3.56. The Morgan fingerprint density at radius 3 is 2.50 bits per heavy atom. The summed E-state index contributed by atoms with van der Waals surface area (Å²) in [6.07, 6.45) is 13.4. The van der Waals surface area contributed by atoms with E-state index in [1.807, 2.05) is 18.5 Å². The molecule has 0 amide bonds. The average molecular weight is 248 g/mol. The van der Waals surface area contributed by atoms with Crippen LogP contribution in [0.2, 0.25) is 0 Å². The van der Waals surface area contributed by atoms with Gasteiger partial charge in [0.2, 0.25) is 0 Å². The highest BCUT2D eigenvalue weighted by Crippen LogP contribution is 2.10. The molecule has 1 aromatic heterocycles. The minimum atomic E-state index is 0.416. The highest BCUT2D eigenvalue weighted by Gasteiger charge is 2.02. The molecule has 0 radical (unpaired) electrons. The van der Waals surface area contributed by atoms with Crippen LogP contribution < -0.4 is 5.32 Å². The van der Waals surface area contributed by atoms with Gasteiger partial charge in [-0.1, -0.05) is 51.5 Å². The van der Waals surface area contributed by atoms with E-state index in [-0.39, 0.29) is 0 Å². The van der Waals surface area contributed by atoms with Crippen LogP contribution in [0.5, 0.6) is 0 Å². The molecule has 1 N–H and O–H groups in total. The maximum atomic E-state index is 4.15. The van der Waals surface area contributed by atoms with E-state index in [1.54, 1.807) is 0 Å². The van der Waals surface area contributed by atoms with Gasteiger partial charge < -0.3 is 5.32 Å². The zero-order valence-electron chi connectivity index (χ0n) is 12.0. The molecule has 1 unspecified atom stereocenters. The Morgan fingerprint density at radius 1 is 1.11 bits per heavy atom. The van der Waals surface area contributed by atoms with Crippen molar-refractivity contribution < 1.29 is 0 Å². The van der Waals surface area contributed by atoms with Gasteiger partial charge in [-0.2, -0.15) is 0 Å². The highest BCUT2D eigenvalue weighted by molar-refractivity contribution is 5.12. The minimum absolute atomic E-state index is 0.416. The minimum Gasteiger partial charge on any atom is -0.310 e. The van der Waals surface area contributed by atoms with Crippen molar-refractivity contribution in [3.8, 4) is 0 Å². The average Bonchev–Trinajstić information content (AvgIpc) is 2.42. The molecule has 1 atom stereocenters. The molecule has 0 spiro atoms. The second-order valence-corrected chi connectivity index (χ2v) is 5.08. The number of pyridine rings is 1. The van der Waals surface area contributed by atoms with Gasteiger partial charge in [0.15, 0.2) is 0 Å². The summed E-state index contributed by atoms with van der Waals surface area (Å²) in [6.45, 7) is 5.59. The molecule has 0 aliphatic rings. The van der Waals surface area contributed by atoms with E-state index in [0.29, 0.717) is 6.04 Å². The van der Waals surface area contributed by atoms with Crippen LogP contribution in [0.4, 0.5) is 0 Å². The number of nitrogens with one attached hydrogen (secondary N) is 1. The summed E-state index contributed by atoms with van der Waals surface area (Å²) in [5.41, 5.74) is 1.28. The second-order valence-electron chi connectivity index (χ2n) is 5.08. The molecule has 2 heteroatoms. The van der Waals surface area contributed by atoms with Gasteiger partial charge >= 0.3 is 0 Å². The monoisotopic (exact) mass is 248 g/mol. The Balaban J connectivity index is 1.98. The van der Waals surface area contributed by atoms with Crippen molar-refractivity contribution in [2.45, 2.75) is 64.8 Å². The standard InChI is InChI=1S/C16H28N2/c1-3-4-5-6-7-8-9-13-18-15(2)16-11-10-12-17-14-16/h10-12,14-15,18H,3-9,13H2,1-2H3. The lowest BCUT2D eigenvalue weighted by atomic mass is 10.1. The lowest BCUT2D eigenvalue weighted by molar-refractivity contribution is 0.523. The molecule has 0 saturated heterocycles. The molecular weight excluding hydrogens is 220 g/mol. The largest absolute Gasteiger partial charge is 0.310 e. The second kappa shape index (κ2) is 10.1. The number of hydrogen-bond donors (Lipinski definition) is 1. The Labute approximate surface area is 112 Å². The molecule has 18 heavy (non-hydrogen) atoms. The van der Waals surface area contributed by atoms with Gasteiger partial charge in [-0.15, -0.1) is 0 Å². The Hall–Kier alpha value is -0.890. The fourth-order valence-electron chi connectivity index (χ4n) is 2.15. The zero-order valence-corrected chi connectivity index (χ0v) is 12.0. The van der Waals surface area contributed by atoms with Crippen LogP contribution in [0.15, 0.2) is 24.5 Å². The van der Waals surface area contributed by atoms with E-state index in [2.05, 4.69) is 30.2 Å². The molecule has 0 aliphatic heterocycles. The molecule has 0 aromatic carbocycles. The van der Waals surface area contributed by atoms with Crippen molar-refractivity contribution in [3.63, 3.8) is 0 Å². The van der Waals surface area contributed by atoms with Gasteiger partial charge in [0.1, 0.15) is 0 Å². The van der Waals surface area contributed by atoms with Crippen molar-refractivity contribution in [1.82, 2.24) is 10.3 Å². The Morgan fingerprint density at radius 2 is 1.83 bits per heavy atom. The van der Waals surface area contributed by atoms with Crippen LogP contribution in [0.25, 0.3) is 0 Å². The van der Waals surface area contributed by atoms with Gasteiger partial charge in [0, 0.05) is 18.4 Å². The van der Waals surface area contributed by atoms with Crippen LogP contribution in [0.3, 0.4) is 0 Å². The van der Waals surface area contributed by atoms with E-state index >= 15 is 0 Å². The van der Waals surface area contributed by atoms with E-state index in [1.165, 1.54) is 50.5 Å². The normalized spacial score (nSPS) is 12.6. The number of rotatable bonds is 10. The molecule has 1 rings (SSSR count). The lowest BCUT2D eigenvalue weighted by Gasteiger charge is -2.13. The van der Waals surface area contributed by atoms with Crippen molar-refractivity contribution in [1.29, 1.82) is 0 Å².